The Bertz CT molecular complexity index is 1050. The maximum atomic E-state index is 14.4. The lowest BCUT2D eigenvalue weighted by molar-refractivity contribution is -0.0483. The number of nitrogens with zero attached hydrogens (tertiary/aromatic N) is 1. The molecule has 1 aliphatic rings. The number of aromatic nitrogens is 2. The number of phosphoric acid groups is 3. The molecule has 0 bridgehead atoms. The lowest BCUT2D eigenvalue weighted by atomic mass is 10.1. The molecule has 2 rings (SSSR count). The summed E-state index contributed by atoms with van der Waals surface area (Å²) in [6.45, 7) is -1.13. The molecule has 172 valence electrons. The number of H-pyrrole nitrogens is 1. The van der Waals surface area contributed by atoms with Crippen LogP contribution in [0.4, 0.5) is 4.39 Å². The number of hydrogen-bond acceptors (Lipinski definition) is 10. The zero-order valence-corrected chi connectivity index (χ0v) is 18.9. The van der Waals surface area contributed by atoms with Crippen LogP contribution in [0.3, 0.4) is 0 Å². The van der Waals surface area contributed by atoms with Crippen LogP contribution in [0.25, 0.3) is 0 Å². The SMILES string of the molecule is O=c1[nH]c(=O)n([C@@H]2O[C@H](COP(=O)(O)OP(=O)(O)OP(=O)(O)O)[C@@H](O)[C@@H]2F)cc1I. The molecule has 0 aliphatic carbocycles. The molecule has 0 saturated carbocycles. The van der Waals surface area contributed by atoms with E-state index in [0.29, 0.717) is 4.57 Å². The van der Waals surface area contributed by atoms with E-state index < -0.39 is 65.9 Å². The molecule has 1 aromatic heterocycles. The van der Waals surface area contributed by atoms with Crippen molar-refractivity contribution >= 4 is 46.1 Å². The molecule has 16 nitrogen and oxygen atoms in total. The summed E-state index contributed by atoms with van der Waals surface area (Å²) in [7, 11) is -16.9. The minimum Gasteiger partial charge on any atom is -0.387 e. The van der Waals surface area contributed by atoms with Crippen LogP contribution in [0, 0.1) is 3.57 Å². The monoisotopic (exact) mass is 612 g/mol. The van der Waals surface area contributed by atoms with E-state index in [1.165, 1.54) is 0 Å². The van der Waals surface area contributed by atoms with Crippen molar-refractivity contribution < 1.29 is 60.6 Å². The van der Waals surface area contributed by atoms with Crippen LogP contribution in [0.1, 0.15) is 6.23 Å². The van der Waals surface area contributed by atoms with Crippen molar-refractivity contribution in [2.75, 3.05) is 6.61 Å². The minimum atomic E-state index is -5.76. The molecule has 1 fully saturated rings. The van der Waals surface area contributed by atoms with Gasteiger partial charge in [0.15, 0.2) is 12.4 Å². The van der Waals surface area contributed by atoms with Crippen LogP contribution in [-0.4, -0.2) is 59.2 Å². The highest BCUT2D eigenvalue weighted by molar-refractivity contribution is 14.1. The molecule has 1 aliphatic heterocycles. The van der Waals surface area contributed by atoms with Crippen molar-refractivity contribution in [3.8, 4) is 0 Å². The van der Waals surface area contributed by atoms with Gasteiger partial charge < -0.3 is 29.4 Å². The molecular formula is C9H13FIN2O14P3. The highest BCUT2D eigenvalue weighted by Gasteiger charge is 2.47. The summed E-state index contributed by atoms with van der Waals surface area (Å²) in [5, 5.41) is 9.87. The van der Waals surface area contributed by atoms with Crippen LogP contribution in [0.5, 0.6) is 0 Å². The maximum Gasteiger partial charge on any atom is 0.490 e. The standard InChI is InChI=1S/C9H13FIN2O14P3/c10-5-6(14)4(25-8(5)13-1-3(11)7(15)12-9(13)16)2-24-29(20,21)27-30(22,23)26-28(17,18)19/h1,4-6,8,14H,2H2,(H,20,21)(H,22,23)(H,12,15,16)(H2,17,18,19)/t4-,5+,6-,8-/m1/s1. The second-order valence-electron chi connectivity index (χ2n) is 5.53. The van der Waals surface area contributed by atoms with Gasteiger partial charge >= 0.3 is 29.2 Å². The van der Waals surface area contributed by atoms with Crippen molar-refractivity contribution in [2.24, 2.45) is 0 Å². The van der Waals surface area contributed by atoms with E-state index in [9.17, 15) is 37.7 Å². The third kappa shape index (κ3) is 6.83. The average molecular weight is 612 g/mol. The fourth-order valence-corrected chi connectivity index (χ4v) is 5.65. The zero-order valence-electron chi connectivity index (χ0n) is 14.0. The molecule has 2 heterocycles. The first-order chi connectivity index (χ1) is 13.5. The maximum absolute atomic E-state index is 14.4. The third-order valence-corrected chi connectivity index (χ3v) is 7.88. The highest BCUT2D eigenvalue weighted by atomic mass is 127. The summed E-state index contributed by atoms with van der Waals surface area (Å²) in [6.07, 6.45) is -6.81. The average Bonchev–Trinajstić information content (AvgIpc) is 2.81. The molecule has 1 saturated heterocycles. The van der Waals surface area contributed by atoms with Crippen molar-refractivity contribution in [2.45, 2.75) is 24.6 Å². The van der Waals surface area contributed by atoms with Crippen molar-refractivity contribution in [1.29, 1.82) is 0 Å². The van der Waals surface area contributed by atoms with E-state index in [-0.39, 0.29) is 3.57 Å². The highest BCUT2D eigenvalue weighted by Crippen LogP contribution is 2.66. The topological polar surface area (TPSA) is 244 Å². The summed E-state index contributed by atoms with van der Waals surface area (Å²) < 4.78 is 64.7. The number of hydrogen-bond donors (Lipinski definition) is 6. The molecule has 0 amide bonds. The molecule has 6 N–H and O–H groups in total. The smallest absolute Gasteiger partial charge is 0.387 e. The van der Waals surface area contributed by atoms with E-state index in [4.69, 9.17) is 19.4 Å². The quantitative estimate of drug-likeness (QED) is 0.154. The van der Waals surface area contributed by atoms with Crippen LogP contribution in [0.15, 0.2) is 15.8 Å². The minimum absolute atomic E-state index is 0.0193. The van der Waals surface area contributed by atoms with Crippen LogP contribution in [0.2, 0.25) is 0 Å². The van der Waals surface area contributed by atoms with Gasteiger partial charge in [-0.2, -0.15) is 8.62 Å². The molecule has 0 radical (unpaired) electrons. The lowest BCUT2D eigenvalue weighted by Gasteiger charge is -2.19. The number of aliphatic hydroxyl groups excluding tert-OH is 1. The summed E-state index contributed by atoms with van der Waals surface area (Å²) in [5.74, 6) is 0. The number of ether oxygens (including phenoxy) is 1. The second-order valence-corrected chi connectivity index (χ2v) is 11.1. The number of nitrogens with one attached hydrogen (secondary N) is 1. The van der Waals surface area contributed by atoms with Crippen molar-refractivity contribution in [3.05, 3.63) is 30.6 Å². The lowest BCUT2D eigenvalue weighted by Crippen LogP contribution is -2.37. The molecular weight excluding hydrogens is 599 g/mol. The predicted molar refractivity (Wildman–Crippen MR) is 98.7 cm³/mol. The summed E-state index contributed by atoms with van der Waals surface area (Å²) in [4.78, 5) is 60.4. The largest absolute Gasteiger partial charge is 0.490 e. The molecule has 21 heteroatoms. The number of aliphatic hydroxyl groups is 1. The van der Waals surface area contributed by atoms with Gasteiger partial charge in [-0.25, -0.2) is 22.9 Å². The molecule has 0 spiro atoms. The Balaban J connectivity index is 2.09. The summed E-state index contributed by atoms with van der Waals surface area (Å²) in [6, 6.07) is 0. The Hall–Kier alpha value is -0.330. The summed E-state index contributed by atoms with van der Waals surface area (Å²) in [5.41, 5.74) is -1.83. The van der Waals surface area contributed by atoms with Gasteiger partial charge in [-0.1, -0.05) is 0 Å². The van der Waals surface area contributed by atoms with Crippen molar-refractivity contribution in [1.82, 2.24) is 9.55 Å². The zero-order chi connectivity index (χ0) is 23.1. The second kappa shape index (κ2) is 9.27. The van der Waals surface area contributed by atoms with Gasteiger partial charge in [-0.15, -0.1) is 0 Å². The van der Waals surface area contributed by atoms with Gasteiger partial charge in [0, 0.05) is 6.20 Å². The van der Waals surface area contributed by atoms with E-state index in [0.717, 1.165) is 6.20 Å². The first kappa shape index (κ1) is 25.9. The first-order valence-electron chi connectivity index (χ1n) is 7.28. The van der Waals surface area contributed by atoms with Gasteiger partial charge in [-0.3, -0.25) is 18.9 Å². The number of rotatable bonds is 8. The van der Waals surface area contributed by atoms with Crippen molar-refractivity contribution in [3.63, 3.8) is 0 Å². The Morgan fingerprint density at radius 2 is 1.77 bits per heavy atom. The van der Waals surface area contributed by atoms with E-state index >= 15 is 0 Å². The van der Waals surface area contributed by atoms with Crippen LogP contribution >= 0.6 is 46.1 Å². The normalized spacial score (nSPS) is 28.8. The Morgan fingerprint density at radius 3 is 2.33 bits per heavy atom. The van der Waals surface area contributed by atoms with Gasteiger partial charge in [0.2, 0.25) is 0 Å². The number of alkyl halides is 1. The van der Waals surface area contributed by atoms with E-state index in [1.54, 1.807) is 22.6 Å². The van der Waals surface area contributed by atoms with Gasteiger partial charge in [0.25, 0.3) is 5.56 Å². The van der Waals surface area contributed by atoms with E-state index in [1.807, 2.05) is 4.98 Å². The fraction of sp³-hybridized carbons (Fsp3) is 0.556. The molecule has 6 atom stereocenters. The van der Waals surface area contributed by atoms with E-state index in [2.05, 4.69) is 13.1 Å². The fourth-order valence-electron chi connectivity index (χ4n) is 2.19. The Kier molecular flexibility index (Phi) is 8.01. The van der Waals surface area contributed by atoms with Crippen LogP contribution < -0.4 is 11.2 Å². The first-order valence-corrected chi connectivity index (χ1v) is 12.9. The van der Waals surface area contributed by atoms with Gasteiger partial charge in [0.1, 0.15) is 12.2 Å². The Labute approximate surface area is 178 Å². The van der Waals surface area contributed by atoms with Gasteiger partial charge in [-0.05, 0) is 22.6 Å². The predicted octanol–water partition coefficient (Wildman–Crippen LogP) is -0.919. The molecule has 30 heavy (non-hydrogen) atoms. The molecule has 2 unspecified atom stereocenters. The number of halogens is 2. The summed E-state index contributed by atoms with van der Waals surface area (Å²) >= 11 is 1.55. The van der Waals surface area contributed by atoms with Gasteiger partial charge in [0.05, 0.1) is 10.2 Å². The van der Waals surface area contributed by atoms with Crippen LogP contribution in [-0.2, 0) is 31.6 Å². The third-order valence-electron chi connectivity index (χ3n) is 3.31. The Morgan fingerprint density at radius 1 is 1.17 bits per heavy atom. The molecule has 1 aromatic rings. The number of aromatic amines is 1. The number of phosphoric ester groups is 1. The molecule has 0 aromatic carbocycles.